The molecule has 0 saturated carbocycles. The van der Waals surface area contributed by atoms with E-state index >= 15 is 0 Å². The van der Waals surface area contributed by atoms with Gasteiger partial charge in [0.05, 0.1) is 0 Å². The molecule has 0 saturated heterocycles. The van der Waals surface area contributed by atoms with Crippen molar-refractivity contribution >= 4 is 12.6 Å². The summed E-state index contributed by atoms with van der Waals surface area (Å²) in [6, 6.07) is 0. The van der Waals surface area contributed by atoms with E-state index in [0.29, 0.717) is 12.8 Å². The SMILES string of the molecule is FC(F)(F)CCCCCCCCCCCCC(F)(F)S. The summed E-state index contributed by atoms with van der Waals surface area (Å²) in [6.07, 6.45) is 3.11. The summed E-state index contributed by atoms with van der Waals surface area (Å²) in [5.41, 5.74) is 0. The second kappa shape index (κ2) is 10.7. The Hall–Kier alpha value is -0.0000000000000000555. The number of halogens is 5. The van der Waals surface area contributed by atoms with Crippen molar-refractivity contribution in [3.05, 3.63) is 0 Å². The fourth-order valence-corrected chi connectivity index (χ4v) is 2.24. The van der Waals surface area contributed by atoms with Crippen molar-refractivity contribution in [1.82, 2.24) is 0 Å². The number of rotatable bonds is 12. The third-order valence-corrected chi connectivity index (χ3v) is 3.41. The van der Waals surface area contributed by atoms with Gasteiger partial charge >= 0.3 is 6.18 Å². The van der Waals surface area contributed by atoms with Crippen LogP contribution in [0.1, 0.15) is 77.0 Å². The molecular weight excluding hydrogens is 295 g/mol. The zero-order valence-electron chi connectivity index (χ0n) is 11.8. The van der Waals surface area contributed by atoms with Crippen molar-refractivity contribution in [2.45, 2.75) is 88.5 Å². The molecular formula is C14H25F5S. The predicted molar refractivity (Wildman–Crippen MR) is 75.4 cm³/mol. The largest absolute Gasteiger partial charge is 0.389 e. The molecule has 20 heavy (non-hydrogen) atoms. The van der Waals surface area contributed by atoms with Gasteiger partial charge in [0, 0.05) is 12.8 Å². The molecule has 122 valence electrons. The molecule has 0 unspecified atom stereocenters. The van der Waals surface area contributed by atoms with Gasteiger partial charge in [-0.1, -0.05) is 51.4 Å². The number of thiol groups is 1. The Morgan fingerprint density at radius 1 is 0.500 bits per heavy atom. The molecule has 6 heteroatoms. The maximum Gasteiger partial charge on any atom is 0.389 e. The lowest BCUT2D eigenvalue weighted by molar-refractivity contribution is -0.135. The van der Waals surface area contributed by atoms with E-state index in [1.54, 1.807) is 0 Å². The fraction of sp³-hybridized carbons (Fsp3) is 1.00. The fourth-order valence-electron chi connectivity index (χ4n) is 2.08. The first-order chi connectivity index (χ1) is 9.21. The number of unbranched alkanes of at least 4 members (excludes halogenated alkanes) is 9. The molecule has 0 aliphatic rings. The maximum absolute atomic E-state index is 12.4. The molecule has 0 bridgehead atoms. The third-order valence-electron chi connectivity index (χ3n) is 3.19. The van der Waals surface area contributed by atoms with Gasteiger partial charge in [0.1, 0.15) is 0 Å². The topological polar surface area (TPSA) is 0 Å². The van der Waals surface area contributed by atoms with Crippen LogP contribution in [0.5, 0.6) is 0 Å². The minimum Gasteiger partial charge on any atom is -0.195 e. The van der Waals surface area contributed by atoms with Crippen LogP contribution < -0.4 is 0 Å². The van der Waals surface area contributed by atoms with Gasteiger partial charge in [0.2, 0.25) is 0 Å². The zero-order valence-corrected chi connectivity index (χ0v) is 12.7. The van der Waals surface area contributed by atoms with Gasteiger partial charge in [0.15, 0.2) is 0 Å². The van der Waals surface area contributed by atoms with Crippen LogP contribution in [-0.4, -0.2) is 11.4 Å². The molecule has 0 aromatic heterocycles. The molecule has 0 amide bonds. The van der Waals surface area contributed by atoms with E-state index in [2.05, 4.69) is 12.6 Å². The Kier molecular flexibility index (Phi) is 10.7. The highest BCUT2D eigenvalue weighted by atomic mass is 32.1. The van der Waals surface area contributed by atoms with Crippen LogP contribution in [0.15, 0.2) is 0 Å². The van der Waals surface area contributed by atoms with Gasteiger partial charge in [-0.2, -0.15) is 22.0 Å². The van der Waals surface area contributed by atoms with Crippen LogP contribution in [-0.2, 0) is 0 Å². The zero-order chi connectivity index (χ0) is 15.5. The molecule has 0 fully saturated rings. The van der Waals surface area contributed by atoms with Crippen LogP contribution in [0.4, 0.5) is 22.0 Å². The molecule has 0 aromatic rings. The monoisotopic (exact) mass is 320 g/mol. The Morgan fingerprint density at radius 3 is 1.10 bits per heavy atom. The number of hydrogen-bond acceptors (Lipinski definition) is 1. The van der Waals surface area contributed by atoms with Gasteiger partial charge in [-0.05, 0) is 12.8 Å². The highest BCUT2D eigenvalue weighted by Crippen LogP contribution is 2.26. The van der Waals surface area contributed by atoms with E-state index in [1.165, 1.54) is 0 Å². The van der Waals surface area contributed by atoms with E-state index in [4.69, 9.17) is 0 Å². The average Bonchev–Trinajstić information content (AvgIpc) is 2.27. The van der Waals surface area contributed by atoms with E-state index in [-0.39, 0.29) is 12.8 Å². The Balaban J connectivity index is 3.10. The van der Waals surface area contributed by atoms with Gasteiger partial charge in [-0.15, -0.1) is 12.6 Å². The smallest absolute Gasteiger partial charge is 0.195 e. The summed E-state index contributed by atoms with van der Waals surface area (Å²) >= 11 is 3.17. The van der Waals surface area contributed by atoms with Gasteiger partial charge in [0.25, 0.3) is 5.25 Å². The lowest BCUT2D eigenvalue weighted by atomic mass is 10.1. The van der Waals surface area contributed by atoms with Gasteiger partial charge < -0.3 is 0 Å². The Morgan fingerprint density at radius 2 is 0.800 bits per heavy atom. The van der Waals surface area contributed by atoms with E-state index in [1.807, 2.05) is 0 Å². The molecule has 0 spiro atoms. The standard InChI is InChI=1S/C14H25F5S/c15-13(16,17)11-9-7-5-3-1-2-4-6-8-10-12-14(18,19)20/h20H,1-12H2. The van der Waals surface area contributed by atoms with E-state index in [0.717, 1.165) is 44.9 Å². The van der Waals surface area contributed by atoms with E-state index in [9.17, 15) is 22.0 Å². The number of alkyl halides is 5. The molecule has 0 N–H and O–H groups in total. The van der Waals surface area contributed by atoms with Gasteiger partial charge in [-0.3, -0.25) is 0 Å². The first-order valence-corrected chi connectivity index (χ1v) is 7.82. The maximum atomic E-state index is 12.4. The van der Waals surface area contributed by atoms with Crippen LogP contribution >= 0.6 is 12.6 Å². The molecule has 0 aromatic carbocycles. The third kappa shape index (κ3) is 18.0. The summed E-state index contributed by atoms with van der Waals surface area (Å²) < 4.78 is 60.3. The molecule has 0 rings (SSSR count). The van der Waals surface area contributed by atoms with E-state index < -0.39 is 17.9 Å². The number of hydrogen-bond donors (Lipinski definition) is 1. The molecule has 0 atom stereocenters. The van der Waals surface area contributed by atoms with Crippen molar-refractivity contribution in [1.29, 1.82) is 0 Å². The van der Waals surface area contributed by atoms with Crippen LogP contribution in [0.25, 0.3) is 0 Å². The predicted octanol–water partition coefficient (Wildman–Crippen LogP) is 6.75. The lowest BCUT2D eigenvalue weighted by Gasteiger charge is -2.08. The molecule has 0 aliphatic heterocycles. The molecule has 0 heterocycles. The summed E-state index contributed by atoms with van der Waals surface area (Å²) in [5.74, 6) is 0. The van der Waals surface area contributed by atoms with Crippen molar-refractivity contribution in [3.8, 4) is 0 Å². The second-order valence-corrected chi connectivity index (χ2v) is 5.97. The first kappa shape index (κ1) is 20.0. The quantitative estimate of drug-likeness (QED) is 0.229. The summed E-state index contributed by atoms with van der Waals surface area (Å²) in [6.45, 7) is 0. The summed E-state index contributed by atoms with van der Waals surface area (Å²) in [5, 5.41) is -2.85. The molecule has 0 radical (unpaired) electrons. The average molecular weight is 320 g/mol. The summed E-state index contributed by atoms with van der Waals surface area (Å²) in [4.78, 5) is 0. The molecule has 0 nitrogen and oxygen atoms in total. The first-order valence-electron chi connectivity index (χ1n) is 7.38. The van der Waals surface area contributed by atoms with Crippen LogP contribution in [0.2, 0.25) is 0 Å². The second-order valence-electron chi connectivity index (χ2n) is 5.32. The van der Waals surface area contributed by atoms with Crippen molar-refractivity contribution < 1.29 is 22.0 Å². The van der Waals surface area contributed by atoms with Crippen LogP contribution in [0.3, 0.4) is 0 Å². The highest BCUT2D eigenvalue weighted by molar-refractivity contribution is 7.81. The van der Waals surface area contributed by atoms with Crippen molar-refractivity contribution in [3.63, 3.8) is 0 Å². The Bertz CT molecular complexity index is 199. The van der Waals surface area contributed by atoms with Crippen molar-refractivity contribution in [2.75, 3.05) is 0 Å². The van der Waals surface area contributed by atoms with Crippen molar-refractivity contribution in [2.24, 2.45) is 0 Å². The molecule has 0 aliphatic carbocycles. The lowest BCUT2D eigenvalue weighted by Crippen LogP contribution is -2.06. The van der Waals surface area contributed by atoms with Crippen LogP contribution in [0, 0.1) is 0 Å². The highest BCUT2D eigenvalue weighted by Gasteiger charge is 2.25. The normalized spacial score (nSPS) is 12.9. The minimum absolute atomic E-state index is 0.171. The van der Waals surface area contributed by atoms with Gasteiger partial charge in [-0.25, -0.2) is 0 Å². The summed E-state index contributed by atoms with van der Waals surface area (Å²) in [7, 11) is 0. The minimum atomic E-state index is -4.02. The Labute approximate surface area is 123 Å².